The SMILES string of the molecule is CC(C)(C)N(NC(=O)c1ccccc1)C(=O)c1ccccc1-c1ccccc1. The number of rotatable bonds is 3. The van der Waals surface area contributed by atoms with Crippen LogP contribution in [0.5, 0.6) is 0 Å². The lowest BCUT2D eigenvalue weighted by molar-refractivity contribution is 0.0359. The predicted molar refractivity (Wildman–Crippen MR) is 112 cm³/mol. The zero-order valence-electron chi connectivity index (χ0n) is 16.3. The quantitative estimate of drug-likeness (QED) is 0.662. The van der Waals surface area contributed by atoms with E-state index in [0.29, 0.717) is 11.1 Å². The number of carbonyl (C=O) groups excluding carboxylic acids is 2. The first kappa shape index (κ1) is 19.4. The highest BCUT2D eigenvalue weighted by Crippen LogP contribution is 2.26. The lowest BCUT2D eigenvalue weighted by Gasteiger charge is -2.36. The fourth-order valence-electron chi connectivity index (χ4n) is 2.94. The average molecular weight is 372 g/mol. The van der Waals surface area contributed by atoms with E-state index in [1.807, 2.05) is 75.4 Å². The van der Waals surface area contributed by atoms with Crippen LogP contribution in [-0.4, -0.2) is 22.4 Å². The van der Waals surface area contributed by atoms with Crippen LogP contribution >= 0.6 is 0 Å². The Kier molecular flexibility index (Phi) is 5.59. The monoisotopic (exact) mass is 372 g/mol. The summed E-state index contributed by atoms with van der Waals surface area (Å²) in [5.74, 6) is -0.572. The van der Waals surface area contributed by atoms with Gasteiger partial charge in [0.25, 0.3) is 11.8 Å². The largest absolute Gasteiger partial charge is 0.273 e. The molecule has 0 spiro atoms. The molecule has 3 rings (SSSR count). The van der Waals surface area contributed by atoms with Crippen molar-refractivity contribution in [1.82, 2.24) is 10.4 Å². The second-order valence-corrected chi connectivity index (χ2v) is 7.53. The van der Waals surface area contributed by atoms with Gasteiger partial charge in [-0.25, -0.2) is 5.01 Å². The summed E-state index contributed by atoms with van der Waals surface area (Å²) in [6.45, 7) is 5.67. The molecule has 28 heavy (non-hydrogen) atoms. The molecule has 142 valence electrons. The molecule has 4 nitrogen and oxygen atoms in total. The highest BCUT2D eigenvalue weighted by atomic mass is 16.2. The van der Waals surface area contributed by atoms with Crippen LogP contribution in [0.3, 0.4) is 0 Å². The third kappa shape index (κ3) is 4.29. The fourth-order valence-corrected chi connectivity index (χ4v) is 2.94. The topological polar surface area (TPSA) is 49.4 Å². The summed E-state index contributed by atoms with van der Waals surface area (Å²) in [4.78, 5) is 26.2. The Bertz CT molecular complexity index is 961. The van der Waals surface area contributed by atoms with Crippen molar-refractivity contribution in [2.45, 2.75) is 26.3 Å². The third-order valence-electron chi connectivity index (χ3n) is 4.37. The Balaban J connectivity index is 1.97. The van der Waals surface area contributed by atoms with Crippen LogP contribution in [0.15, 0.2) is 84.9 Å². The van der Waals surface area contributed by atoms with Gasteiger partial charge in [0.1, 0.15) is 0 Å². The van der Waals surface area contributed by atoms with Gasteiger partial charge in [0.15, 0.2) is 0 Å². The van der Waals surface area contributed by atoms with Gasteiger partial charge in [-0.05, 0) is 50.1 Å². The van der Waals surface area contributed by atoms with Crippen LogP contribution in [0, 0.1) is 0 Å². The molecule has 4 heteroatoms. The smallest absolute Gasteiger partial charge is 0.267 e. The Morgan fingerprint density at radius 2 is 1.29 bits per heavy atom. The second kappa shape index (κ2) is 8.09. The van der Waals surface area contributed by atoms with E-state index in [1.54, 1.807) is 30.3 Å². The first-order valence-electron chi connectivity index (χ1n) is 9.23. The summed E-state index contributed by atoms with van der Waals surface area (Å²) in [6.07, 6.45) is 0. The zero-order valence-corrected chi connectivity index (χ0v) is 16.3. The second-order valence-electron chi connectivity index (χ2n) is 7.53. The van der Waals surface area contributed by atoms with Gasteiger partial charge in [-0.15, -0.1) is 0 Å². The molecule has 0 radical (unpaired) electrons. The Labute approximate surface area is 165 Å². The van der Waals surface area contributed by atoms with E-state index in [2.05, 4.69) is 5.43 Å². The number of carbonyl (C=O) groups is 2. The Morgan fingerprint density at radius 3 is 1.89 bits per heavy atom. The van der Waals surface area contributed by atoms with Gasteiger partial charge in [0.2, 0.25) is 0 Å². The normalized spacial score (nSPS) is 11.0. The minimum atomic E-state index is -0.606. The fraction of sp³-hybridized carbons (Fsp3) is 0.167. The van der Waals surface area contributed by atoms with E-state index >= 15 is 0 Å². The number of hydrazine groups is 1. The van der Waals surface area contributed by atoms with Gasteiger partial charge in [-0.1, -0.05) is 66.7 Å². The molecule has 0 bridgehead atoms. The molecular formula is C24H24N2O2. The van der Waals surface area contributed by atoms with E-state index in [1.165, 1.54) is 5.01 Å². The summed E-state index contributed by atoms with van der Waals surface area (Å²) < 4.78 is 0. The molecule has 0 atom stereocenters. The molecule has 2 amide bonds. The molecule has 0 aromatic heterocycles. The molecule has 0 aliphatic rings. The standard InChI is InChI=1S/C24H24N2O2/c1-24(2,3)26(25-22(27)19-14-8-5-9-15-19)23(28)21-17-11-10-16-20(21)18-12-6-4-7-13-18/h4-17H,1-3H3,(H,25,27). The number of benzene rings is 3. The maximum absolute atomic E-state index is 13.5. The number of nitrogens with one attached hydrogen (secondary N) is 1. The zero-order chi connectivity index (χ0) is 20.1. The van der Waals surface area contributed by atoms with Crippen molar-refractivity contribution in [2.75, 3.05) is 0 Å². The number of nitrogens with zero attached hydrogens (tertiary/aromatic N) is 1. The minimum absolute atomic E-state index is 0.253. The van der Waals surface area contributed by atoms with E-state index in [9.17, 15) is 9.59 Å². The lowest BCUT2D eigenvalue weighted by Crippen LogP contribution is -2.56. The van der Waals surface area contributed by atoms with Gasteiger partial charge < -0.3 is 0 Å². The summed E-state index contributed by atoms with van der Waals surface area (Å²) in [6, 6.07) is 26.1. The first-order valence-corrected chi connectivity index (χ1v) is 9.23. The molecule has 3 aromatic carbocycles. The first-order chi connectivity index (χ1) is 13.4. The van der Waals surface area contributed by atoms with Crippen molar-refractivity contribution in [2.24, 2.45) is 0 Å². The summed E-state index contributed by atoms with van der Waals surface area (Å²) in [5.41, 5.74) is 5.01. The van der Waals surface area contributed by atoms with E-state index in [4.69, 9.17) is 0 Å². The van der Waals surface area contributed by atoms with Crippen LogP contribution in [0.4, 0.5) is 0 Å². The summed E-state index contributed by atoms with van der Waals surface area (Å²) in [5, 5.41) is 1.41. The van der Waals surface area contributed by atoms with Crippen molar-refractivity contribution in [3.05, 3.63) is 96.1 Å². The molecule has 0 saturated heterocycles. The van der Waals surface area contributed by atoms with Crippen LogP contribution in [0.2, 0.25) is 0 Å². The van der Waals surface area contributed by atoms with Crippen molar-refractivity contribution in [1.29, 1.82) is 0 Å². The predicted octanol–water partition coefficient (Wildman–Crippen LogP) is 4.94. The van der Waals surface area contributed by atoms with Crippen molar-refractivity contribution in [3.63, 3.8) is 0 Å². The van der Waals surface area contributed by atoms with Gasteiger partial charge >= 0.3 is 0 Å². The summed E-state index contributed by atoms with van der Waals surface area (Å²) in [7, 11) is 0. The van der Waals surface area contributed by atoms with Crippen LogP contribution < -0.4 is 5.43 Å². The summed E-state index contributed by atoms with van der Waals surface area (Å²) >= 11 is 0. The molecule has 0 aliphatic heterocycles. The lowest BCUT2D eigenvalue weighted by atomic mass is 9.97. The van der Waals surface area contributed by atoms with Gasteiger partial charge in [-0.3, -0.25) is 15.0 Å². The number of hydrogen-bond donors (Lipinski definition) is 1. The molecule has 3 aromatic rings. The molecule has 0 fully saturated rings. The van der Waals surface area contributed by atoms with Gasteiger partial charge in [-0.2, -0.15) is 0 Å². The molecule has 1 N–H and O–H groups in total. The number of amides is 2. The van der Waals surface area contributed by atoms with Crippen LogP contribution in [-0.2, 0) is 0 Å². The number of hydrogen-bond acceptors (Lipinski definition) is 2. The maximum atomic E-state index is 13.5. The van der Waals surface area contributed by atoms with E-state index < -0.39 is 5.54 Å². The average Bonchev–Trinajstić information content (AvgIpc) is 2.72. The van der Waals surface area contributed by atoms with Crippen LogP contribution in [0.25, 0.3) is 11.1 Å². The molecular weight excluding hydrogens is 348 g/mol. The molecule has 0 saturated carbocycles. The maximum Gasteiger partial charge on any atom is 0.273 e. The molecule has 0 heterocycles. The van der Waals surface area contributed by atoms with Gasteiger partial charge in [0.05, 0.1) is 5.54 Å². The minimum Gasteiger partial charge on any atom is -0.267 e. The van der Waals surface area contributed by atoms with Crippen LogP contribution in [0.1, 0.15) is 41.5 Å². The third-order valence-corrected chi connectivity index (χ3v) is 4.37. The van der Waals surface area contributed by atoms with Gasteiger partial charge in [0, 0.05) is 11.1 Å². The highest BCUT2D eigenvalue weighted by molar-refractivity contribution is 6.03. The van der Waals surface area contributed by atoms with Crippen molar-refractivity contribution < 1.29 is 9.59 Å². The van der Waals surface area contributed by atoms with E-state index in [0.717, 1.165) is 11.1 Å². The van der Waals surface area contributed by atoms with Crippen molar-refractivity contribution in [3.8, 4) is 11.1 Å². The highest BCUT2D eigenvalue weighted by Gasteiger charge is 2.30. The Hall–Kier alpha value is -3.40. The molecule has 0 aliphatic carbocycles. The van der Waals surface area contributed by atoms with Crippen molar-refractivity contribution >= 4 is 11.8 Å². The van der Waals surface area contributed by atoms with E-state index in [-0.39, 0.29) is 11.8 Å². The Morgan fingerprint density at radius 1 is 0.750 bits per heavy atom. The molecule has 0 unspecified atom stereocenters.